The molecular formula is C24H25N5O8. The summed E-state index contributed by atoms with van der Waals surface area (Å²) in [6.45, 7) is 4.69. The Morgan fingerprint density at radius 1 is 0.919 bits per heavy atom. The van der Waals surface area contributed by atoms with Gasteiger partial charge in [-0.15, -0.1) is 0 Å². The van der Waals surface area contributed by atoms with Crippen LogP contribution < -0.4 is 16.0 Å². The van der Waals surface area contributed by atoms with Gasteiger partial charge in [0.15, 0.2) is 0 Å². The van der Waals surface area contributed by atoms with Crippen LogP contribution in [0.2, 0.25) is 0 Å². The molecule has 0 saturated heterocycles. The number of nitrogens with zero attached hydrogens (tertiary/aromatic N) is 2. The molecule has 13 nitrogen and oxygen atoms in total. The third-order valence-electron chi connectivity index (χ3n) is 4.94. The summed E-state index contributed by atoms with van der Waals surface area (Å²) < 4.78 is 5.08. The molecule has 0 atom stereocenters. The standard InChI is InChI=1S/C24H25N5O8/c1-24(2,3)37-23(34)25-11-10-19(30)26-14-4-6-15(7-5-14)27-20(31)13-28-21(32)17-9-8-16(29(35)36)12-18(17)22(28)33/h4-9,12H,10-11,13H2,1-3H3,(H,25,34)(H,26,30)(H,27,31). The highest BCUT2D eigenvalue weighted by Crippen LogP contribution is 2.26. The maximum absolute atomic E-state index is 12.5. The Morgan fingerprint density at radius 3 is 2.05 bits per heavy atom. The van der Waals surface area contributed by atoms with Crippen LogP contribution >= 0.6 is 0 Å². The lowest BCUT2D eigenvalue weighted by Crippen LogP contribution is -2.37. The fraction of sp³-hybridized carbons (Fsp3) is 0.292. The van der Waals surface area contributed by atoms with Gasteiger partial charge in [-0.25, -0.2) is 4.79 Å². The van der Waals surface area contributed by atoms with Crippen molar-refractivity contribution < 1.29 is 33.6 Å². The van der Waals surface area contributed by atoms with Crippen molar-refractivity contribution >= 4 is 46.8 Å². The molecule has 0 radical (unpaired) electrons. The zero-order chi connectivity index (χ0) is 27.3. The first-order valence-corrected chi connectivity index (χ1v) is 11.2. The van der Waals surface area contributed by atoms with Crippen molar-refractivity contribution in [1.29, 1.82) is 0 Å². The molecule has 1 heterocycles. The van der Waals surface area contributed by atoms with E-state index >= 15 is 0 Å². The molecule has 0 spiro atoms. The Morgan fingerprint density at radius 2 is 1.49 bits per heavy atom. The number of ether oxygens (including phenoxy) is 1. The van der Waals surface area contributed by atoms with Gasteiger partial charge in [0.25, 0.3) is 17.5 Å². The first kappa shape index (κ1) is 26.8. The van der Waals surface area contributed by atoms with Crippen LogP contribution in [0.5, 0.6) is 0 Å². The van der Waals surface area contributed by atoms with E-state index in [0.717, 1.165) is 12.1 Å². The zero-order valence-electron chi connectivity index (χ0n) is 20.3. The Hall–Kier alpha value is -4.81. The normalized spacial score (nSPS) is 12.6. The van der Waals surface area contributed by atoms with Crippen LogP contribution in [0.15, 0.2) is 42.5 Å². The number of carbonyl (C=O) groups is 5. The predicted octanol–water partition coefficient (Wildman–Crippen LogP) is 2.68. The molecular weight excluding hydrogens is 486 g/mol. The van der Waals surface area contributed by atoms with E-state index in [1.807, 2.05) is 0 Å². The largest absolute Gasteiger partial charge is 0.444 e. The van der Waals surface area contributed by atoms with Crippen molar-refractivity contribution in [1.82, 2.24) is 10.2 Å². The van der Waals surface area contributed by atoms with Gasteiger partial charge in [0, 0.05) is 36.5 Å². The fourth-order valence-electron chi connectivity index (χ4n) is 3.33. The van der Waals surface area contributed by atoms with E-state index in [0.29, 0.717) is 16.3 Å². The van der Waals surface area contributed by atoms with Gasteiger partial charge < -0.3 is 20.7 Å². The van der Waals surface area contributed by atoms with Crippen LogP contribution in [0.25, 0.3) is 0 Å². The maximum atomic E-state index is 12.5. The molecule has 1 aliphatic rings. The van der Waals surface area contributed by atoms with Gasteiger partial charge in [-0.05, 0) is 51.1 Å². The highest BCUT2D eigenvalue weighted by Gasteiger charge is 2.37. The first-order chi connectivity index (χ1) is 17.3. The van der Waals surface area contributed by atoms with Gasteiger partial charge in [-0.2, -0.15) is 0 Å². The van der Waals surface area contributed by atoms with Crippen LogP contribution in [-0.4, -0.2) is 58.2 Å². The lowest BCUT2D eigenvalue weighted by molar-refractivity contribution is -0.384. The average Bonchev–Trinajstić information content (AvgIpc) is 3.03. The van der Waals surface area contributed by atoms with Crippen molar-refractivity contribution in [2.45, 2.75) is 32.8 Å². The summed E-state index contributed by atoms with van der Waals surface area (Å²) in [7, 11) is 0. The Bertz CT molecular complexity index is 1270. The number of hydrogen-bond donors (Lipinski definition) is 3. The second-order valence-corrected chi connectivity index (χ2v) is 9.04. The molecule has 0 aliphatic carbocycles. The molecule has 0 aromatic heterocycles. The maximum Gasteiger partial charge on any atom is 0.407 e. The number of nitro groups is 1. The van der Waals surface area contributed by atoms with E-state index in [2.05, 4.69) is 16.0 Å². The summed E-state index contributed by atoms with van der Waals surface area (Å²) >= 11 is 0. The number of anilines is 2. The van der Waals surface area contributed by atoms with Gasteiger partial charge in [0.2, 0.25) is 11.8 Å². The first-order valence-electron chi connectivity index (χ1n) is 11.2. The number of hydrogen-bond acceptors (Lipinski definition) is 8. The van der Waals surface area contributed by atoms with Gasteiger partial charge in [-0.1, -0.05) is 0 Å². The predicted molar refractivity (Wildman–Crippen MR) is 131 cm³/mol. The number of imide groups is 1. The van der Waals surface area contributed by atoms with E-state index in [1.165, 1.54) is 30.3 Å². The van der Waals surface area contributed by atoms with Crippen LogP contribution in [0.4, 0.5) is 21.9 Å². The van der Waals surface area contributed by atoms with Gasteiger partial charge in [0.05, 0.1) is 16.1 Å². The molecule has 5 amide bonds. The number of rotatable bonds is 8. The van der Waals surface area contributed by atoms with Crippen molar-refractivity contribution in [3.8, 4) is 0 Å². The monoisotopic (exact) mass is 511 g/mol. The minimum Gasteiger partial charge on any atom is -0.444 e. The molecule has 1 aliphatic heterocycles. The SMILES string of the molecule is CC(C)(C)OC(=O)NCCC(=O)Nc1ccc(NC(=O)CN2C(=O)c3ccc([N+](=O)[O-])cc3C2=O)cc1. The van der Waals surface area contributed by atoms with Crippen LogP contribution in [0.3, 0.4) is 0 Å². The number of nitro benzene ring substituents is 1. The lowest BCUT2D eigenvalue weighted by Gasteiger charge is -2.19. The Balaban J connectivity index is 1.48. The number of carbonyl (C=O) groups excluding carboxylic acids is 5. The van der Waals surface area contributed by atoms with E-state index in [9.17, 15) is 34.1 Å². The summed E-state index contributed by atoms with van der Waals surface area (Å²) in [6, 6.07) is 9.41. The quantitative estimate of drug-likeness (QED) is 0.275. The third-order valence-corrected chi connectivity index (χ3v) is 4.94. The van der Waals surface area contributed by atoms with Gasteiger partial charge in [0.1, 0.15) is 12.1 Å². The number of nitrogens with one attached hydrogen (secondary N) is 3. The summed E-state index contributed by atoms with van der Waals surface area (Å²) in [5.74, 6) is -2.52. The molecule has 13 heteroatoms. The summed E-state index contributed by atoms with van der Waals surface area (Å²) in [4.78, 5) is 72.1. The van der Waals surface area contributed by atoms with Crippen LogP contribution in [0, 0.1) is 10.1 Å². The molecule has 2 aromatic rings. The Labute approximate surface area is 211 Å². The average molecular weight is 511 g/mol. The van der Waals surface area contributed by atoms with Crippen molar-refractivity contribution in [3.63, 3.8) is 0 Å². The Kier molecular flexibility index (Phi) is 7.85. The highest BCUT2D eigenvalue weighted by atomic mass is 16.6. The van der Waals surface area contributed by atoms with Gasteiger partial charge >= 0.3 is 6.09 Å². The molecule has 3 N–H and O–H groups in total. The zero-order valence-corrected chi connectivity index (χ0v) is 20.3. The topological polar surface area (TPSA) is 177 Å². The van der Waals surface area contributed by atoms with Crippen LogP contribution in [0.1, 0.15) is 47.9 Å². The number of alkyl carbamates (subject to hydrolysis) is 1. The van der Waals surface area contributed by atoms with Crippen LogP contribution in [-0.2, 0) is 14.3 Å². The second-order valence-electron chi connectivity index (χ2n) is 9.04. The lowest BCUT2D eigenvalue weighted by atomic mass is 10.1. The van der Waals surface area contributed by atoms with Crippen molar-refractivity contribution in [2.24, 2.45) is 0 Å². The van der Waals surface area contributed by atoms with Crippen molar-refractivity contribution in [3.05, 3.63) is 63.7 Å². The van der Waals surface area contributed by atoms with Crippen molar-refractivity contribution in [2.75, 3.05) is 23.7 Å². The number of amides is 5. The molecule has 3 rings (SSSR count). The molecule has 0 unspecified atom stereocenters. The molecule has 0 saturated carbocycles. The summed E-state index contributed by atoms with van der Waals surface area (Å²) in [6.07, 6.45) is -0.607. The van der Waals surface area contributed by atoms with E-state index in [4.69, 9.17) is 4.74 Å². The molecule has 2 aromatic carbocycles. The number of benzene rings is 2. The third kappa shape index (κ3) is 7.10. The van der Waals surface area contributed by atoms with E-state index in [-0.39, 0.29) is 35.7 Å². The highest BCUT2D eigenvalue weighted by molar-refractivity contribution is 6.23. The number of non-ortho nitro benzene ring substituents is 1. The summed E-state index contributed by atoms with van der Waals surface area (Å²) in [5, 5.41) is 18.6. The van der Waals surface area contributed by atoms with Gasteiger partial charge in [-0.3, -0.25) is 34.2 Å². The minimum atomic E-state index is -0.793. The smallest absolute Gasteiger partial charge is 0.407 e. The second kappa shape index (κ2) is 10.8. The summed E-state index contributed by atoms with van der Waals surface area (Å²) in [5.41, 5.74) is -0.322. The number of fused-ring (bicyclic) bond motifs is 1. The molecule has 37 heavy (non-hydrogen) atoms. The van der Waals surface area contributed by atoms with E-state index in [1.54, 1.807) is 20.8 Å². The minimum absolute atomic E-state index is 0.00945. The molecule has 0 fully saturated rings. The molecule has 0 bridgehead atoms. The molecule has 194 valence electrons. The van der Waals surface area contributed by atoms with E-state index < -0.39 is 40.9 Å². The fourth-order valence-corrected chi connectivity index (χ4v) is 3.33.